The molecular weight excluding hydrogens is 354 g/mol. The van der Waals surface area contributed by atoms with Crippen LogP contribution in [-0.4, -0.2) is 50.3 Å². The Bertz CT molecular complexity index is 853. The summed E-state index contributed by atoms with van der Waals surface area (Å²) < 4.78 is 24.6. The number of aliphatic carboxylic acids is 1. The van der Waals surface area contributed by atoms with Gasteiger partial charge in [-0.3, -0.25) is 0 Å². The molecule has 1 aromatic rings. The van der Waals surface area contributed by atoms with Gasteiger partial charge in [0.1, 0.15) is 6.04 Å². The third-order valence-electron chi connectivity index (χ3n) is 4.61. The number of carboxylic acids is 1. The Morgan fingerprint density at radius 1 is 1.35 bits per heavy atom. The molecule has 0 aliphatic carbocycles. The second-order valence-corrected chi connectivity index (χ2v) is 8.19. The minimum atomic E-state index is -3.22. The number of rotatable bonds is 7. The molecule has 2 N–H and O–H groups in total. The van der Waals surface area contributed by atoms with Crippen LogP contribution in [0.1, 0.15) is 30.4 Å². The van der Waals surface area contributed by atoms with Gasteiger partial charge in [-0.15, -0.1) is 0 Å². The maximum atomic E-state index is 11.8. The lowest BCUT2D eigenvalue weighted by Crippen LogP contribution is -2.37. The van der Waals surface area contributed by atoms with Gasteiger partial charge in [0.05, 0.1) is 23.8 Å². The molecule has 140 valence electrons. The first-order valence-corrected chi connectivity index (χ1v) is 10.2. The molecule has 1 aliphatic heterocycles. The smallest absolute Gasteiger partial charge is 0.327 e. The van der Waals surface area contributed by atoms with Crippen LogP contribution in [-0.2, 0) is 21.2 Å². The Hall–Kier alpha value is -2.37. The maximum Gasteiger partial charge on any atom is 0.327 e. The zero-order chi connectivity index (χ0) is 19.5. The Labute approximate surface area is 154 Å². The number of sulfonamides is 1. The minimum absolute atomic E-state index is 0.297. The summed E-state index contributed by atoms with van der Waals surface area (Å²) in [5.41, 5.74) is 2.95. The number of allylic oxidation sites excluding steroid dienone is 1. The number of carbonyl (C=O) groups is 1. The van der Waals surface area contributed by atoms with Gasteiger partial charge in [0, 0.05) is 19.3 Å². The SMILES string of the molecule is CCC1=C(C#N)C(c2ccc(CCNS(C)(=O)=O)cc2)C(C(=O)O)N1C. The molecule has 0 bridgehead atoms. The topological polar surface area (TPSA) is 110 Å². The van der Waals surface area contributed by atoms with Crippen molar-refractivity contribution in [2.45, 2.75) is 31.7 Å². The van der Waals surface area contributed by atoms with Gasteiger partial charge < -0.3 is 10.0 Å². The zero-order valence-corrected chi connectivity index (χ0v) is 15.9. The predicted molar refractivity (Wildman–Crippen MR) is 97.9 cm³/mol. The molecule has 26 heavy (non-hydrogen) atoms. The summed E-state index contributed by atoms with van der Waals surface area (Å²) in [7, 11) is -1.51. The van der Waals surface area contributed by atoms with Crippen molar-refractivity contribution in [1.82, 2.24) is 9.62 Å². The van der Waals surface area contributed by atoms with Crippen molar-refractivity contribution in [2.24, 2.45) is 0 Å². The van der Waals surface area contributed by atoms with Gasteiger partial charge in [-0.2, -0.15) is 5.26 Å². The van der Waals surface area contributed by atoms with Crippen LogP contribution in [0.4, 0.5) is 0 Å². The number of carboxylic acid groups (broad SMARTS) is 1. The number of nitrogens with one attached hydrogen (secondary N) is 1. The maximum absolute atomic E-state index is 11.8. The molecule has 0 amide bonds. The quantitative estimate of drug-likeness (QED) is 0.744. The predicted octanol–water partition coefficient (Wildman–Crippen LogP) is 1.45. The van der Waals surface area contributed by atoms with Crippen molar-refractivity contribution < 1.29 is 18.3 Å². The summed E-state index contributed by atoms with van der Waals surface area (Å²) in [5, 5.41) is 19.2. The Kier molecular flexibility index (Phi) is 6.05. The van der Waals surface area contributed by atoms with E-state index >= 15 is 0 Å². The lowest BCUT2D eigenvalue weighted by Gasteiger charge is -2.25. The van der Waals surface area contributed by atoms with Gasteiger partial charge in [-0.25, -0.2) is 17.9 Å². The highest BCUT2D eigenvalue weighted by atomic mass is 32.2. The largest absolute Gasteiger partial charge is 0.480 e. The molecule has 0 radical (unpaired) electrons. The molecule has 2 atom stereocenters. The van der Waals surface area contributed by atoms with E-state index in [9.17, 15) is 23.6 Å². The molecule has 2 rings (SSSR count). The lowest BCUT2D eigenvalue weighted by molar-refractivity contribution is -0.142. The molecule has 7 nitrogen and oxygen atoms in total. The fraction of sp³-hybridized carbons (Fsp3) is 0.444. The molecule has 0 fully saturated rings. The first kappa shape index (κ1) is 19.9. The van der Waals surface area contributed by atoms with Crippen molar-refractivity contribution in [3.63, 3.8) is 0 Å². The molecule has 2 unspecified atom stereocenters. The number of nitrogens with zero attached hydrogens (tertiary/aromatic N) is 2. The second-order valence-electron chi connectivity index (χ2n) is 6.36. The van der Waals surface area contributed by atoms with Gasteiger partial charge in [0.15, 0.2) is 0 Å². The highest BCUT2D eigenvalue weighted by Gasteiger charge is 2.43. The monoisotopic (exact) mass is 377 g/mol. The molecule has 1 heterocycles. The van der Waals surface area contributed by atoms with Crippen LogP contribution in [0, 0.1) is 11.3 Å². The van der Waals surface area contributed by atoms with E-state index in [0.29, 0.717) is 25.0 Å². The van der Waals surface area contributed by atoms with Crippen LogP contribution < -0.4 is 4.72 Å². The van der Waals surface area contributed by atoms with Gasteiger partial charge in [0.2, 0.25) is 10.0 Å². The van der Waals surface area contributed by atoms with Crippen LogP contribution in [0.2, 0.25) is 0 Å². The summed E-state index contributed by atoms with van der Waals surface area (Å²) >= 11 is 0. The fourth-order valence-corrected chi connectivity index (χ4v) is 3.90. The fourth-order valence-electron chi connectivity index (χ4n) is 3.42. The number of benzene rings is 1. The van der Waals surface area contributed by atoms with E-state index < -0.39 is 28.0 Å². The normalized spacial score (nSPS) is 20.3. The van der Waals surface area contributed by atoms with Crippen molar-refractivity contribution in [2.75, 3.05) is 19.8 Å². The van der Waals surface area contributed by atoms with E-state index in [-0.39, 0.29) is 0 Å². The van der Waals surface area contributed by atoms with E-state index in [1.54, 1.807) is 11.9 Å². The van der Waals surface area contributed by atoms with Gasteiger partial charge in [-0.05, 0) is 24.0 Å². The zero-order valence-electron chi connectivity index (χ0n) is 15.1. The van der Waals surface area contributed by atoms with E-state index in [1.165, 1.54) is 0 Å². The molecule has 0 saturated carbocycles. The summed E-state index contributed by atoms with van der Waals surface area (Å²) in [4.78, 5) is 13.5. The van der Waals surface area contributed by atoms with Gasteiger partial charge >= 0.3 is 5.97 Å². The van der Waals surface area contributed by atoms with E-state index in [2.05, 4.69) is 10.8 Å². The standard InChI is InChI=1S/C18H23N3O4S/c1-4-15-14(11-19)16(17(18(22)23)21(15)2)13-7-5-12(6-8-13)9-10-20-26(3,24)25/h5-8,16-17,20H,4,9-10H2,1-3H3,(H,22,23). The minimum Gasteiger partial charge on any atom is -0.480 e. The molecule has 1 aliphatic rings. The van der Waals surface area contributed by atoms with E-state index in [4.69, 9.17) is 0 Å². The van der Waals surface area contributed by atoms with E-state index in [0.717, 1.165) is 23.1 Å². The molecular formula is C18H23N3O4S. The highest BCUT2D eigenvalue weighted by Crippen LogP contribution is 2.41. The number of nitriles is 1. The molecule has 1 aromatic carbocycles. The number of hydrogen-bond acceptors (Lipinski definition) is 5. The average molecular weight is 377 g/mol. The average Bonchev–Trinajstić information content (AvgIpc) is 2.86. The second kappa shape index (κ2) is 7.89. The van der Waals surface area contributed by atoms with Crippen LogP contribution in [0.3, 0.4) is 0 Å². The third kappa shape index (κ3) is 4.23. The molecule has 0 saturated heterocycles. The van der Waals surface area contributed by atoms with Gasteiger partial charge in [-0.1, -0.05) is 31.2 Å². The van der Waals surface area contributed by atoms with Crippen molar-refractivity contribution >= 4 is 16.0 Å². The first-order valence-electron chi connectivity index (χ1n) is 8.31. The summed E-state index contributed by atoms with van der Waals surface area (Å²) in [6, 6.07) is 8.71. The van der Waals surface area contributed by atoms with Crippen molar-refractivity contribution in [3.05, 3.63) is 46.7 Å². The lowest BCUT2D eigenvalue weighted by atomic mass is 9.86. The van der Waals surface area contributed by atoms with Gasteiger partial charge in [0.25, 0.3) is 0 Å². The van der Waals surface area contributed by atoms with Crippen LogP contribution in [0.25, 0.3) is 0 Å². The molecule has 0 spiro atoms. The summed E-state index contributed by atoms with van der Waals surface area (Å²) in [6.45, 7) is 2.20. The third-order valence-corrected chi connectivity index (χ3v) is 5.33. The molecule has 8 heteroatoms. The van der Waals surface area contributed by atoms with Crippen molar-refractivity contribution in [1.29, 1.82) is 5.26 Å². The highest BCUT2D eigenvalue weighted by molar-refractivity contribution is 7.88. The summed E-state index contributed by atoms with van der Waals surface area (Å²) in [6.07, 6.45) is 2.23. The Morgan fingerprint density at radius 3 is 2.42 bits per heavy atom. The first-order chi connectivity index (χ1) is 12.2. The molecule has 0 aromatic heterocycles. The van der Waals surface area contributed by atoms with Crippen LogP contribution in [0.5, 0.6) is 0 Å². The number of likely N-dealkylation sites (N-methyl/N-ethyl adjacent to an activating group) is 1. The summed E-state index contributed by atoms with van der Waals surface area (Å²) in [5.74, 6) is -1.48. The van der Waals surface area contributed by atoms with Crippen LogP contribution >= 0.6 is 0 Å². The van der Waals surface area contributed by atoms with E-state index in [1.807, 2.05) is 31.2 Å². The van der Waals surface area contributed by atoms with Crippen LogP contribution in [0.15, 0.2) is 35.5 Å². The number of hydrogen-bond donors (Lipinski definition) is 2. The Balaban J connectivity index is 2.26. The Morgan fingerprint density at radius 2 is 1.96 bits per heavy atom. The van der Waals surface area contributed by atoms with Crippen molar-refractivity contribution in [3.8, 4) is 6.07 Å².